The van der Waals surface area contributed by atoms with Crippen LogP contribution in [0.5, 0.6) is 0 Å². The zero-order valence-corrected chi connectivity index (χ0v) is 13.7. The molecule has 0 atom stereocenters. The second-order valence-electron chi connectivity index (χ2n) is 4.01. The van der Waals surface area contributed by atoms with Crippen molar-refractivity contribution in [1.82, 2.24) is 4.72 Å². The van der Waals surface area contributed by atoms with Crippen molar-refractivity contribution >= 4 is 48.7 Å². The van der Waals surface area contributed by atoms with Gasteiger partial charge in [0.2, 0.25) is 10.0 Å². The molecule has 10 heteroatoms. The minimum Gasteiger partial charge on any atom is -0.398 e. The van der Waals surface area contributed by atoms with Gasteiger partial charge in [0.1, 0.15) is 4.90 Å². The molecule has 2 rings (SSSR count). The van der Waals surface area contributed by atoms with Gasteiger partial charge >= 0.3 is 0 Å². The van der Waals surface area contributed by atoms with Gasteiger partial charge < -0.3 is 5.73 Å². The van der Waals surface area contributed by atoms with Gasteiger partial charge in [-0.15, -0.1) is 11.3 Å². The number of benzene rings is 1. The van der Waals surface area contributed by atoms with Gasteiger partial charge in [-0.25, -0.2) is 13.1 Å². The number of anilines is 1. The molecule has 0 aliphatic carbocycles. The van der Waals surface area contributed by atoms with Crippen molar-refractivity contribution in [3.8, 4) is 0 Å². The zero-order chi connectivity index (χ0) is 15.6. The first-order valence-electron chi connectivity index (χ1n) is 5.57. The number of nitro groups is 1. The number of nitrogens with zero attached hydrogens (tertiary/aromatic N) is 1. The number of nitrogens with one attached hydrogen (secondary N) is 1. The van der Waals surface area contributed by atoms with E-state index in [1.165, 1.54) is 17.4 Å². The van der Waals surface area contributed by atoms with Crippen LogP contribution in [0, 0.1) is 10.1 Å². The van der Waals surface area contributed by atoms with Gasteiger partial charge in [-0.05, 0) is 34.1 Å². The topological polar surface area (TPSA) is 115 Å². The molecule has 0 aliphatic rings. The highest BCUT2D eigenvalue weighted by Crippen LogP contribution is 2.25. The molecule has 0 bridgehead atoms. The third-order valence-corrected chi connectivity index (χ3v) is 5.64. The molecule has 0 radical (unpaired) electrons. The lowest BCUT2D eigenvalue weighted by Gasteiger charge is -2.08. The summed E-state index contributed by atoms with van der Waals surface area (Å²) in [5, 5.41) is 10.7. The Bertz CT molecular complexity index is 789. The number of hydrogen-bond acceptors (Lipinski definition) is 6. The van der Waals surface area contributed by atoms with Crippen LogP contribution in [-0.2, 0) is 16.6 Å². The van der Waals surface area contributed by atoms with E-state index in [4.69, 9.17) is 5.73 Å². The van der Waals surface area contributed by atoms with Crippen LogP contribution in [0.2, 0.25) is 0 Å². The van der Waals surface area contributed by atoms with E-state index in [1.807, 2.05) is 0 Å². The molecular formula is C11H10BrN3O4S2. The maximum atomic E-state index is 12.2. The van der Waals surface area contributed by atoms with Crippen molar-refractivity contribution < 1.29 is 13.3 Å². The minimum atomic E-state index is -3.92. The van der Waals surface area contributed by atoms with Crippen LogP contribution in [0.4, 0.5) is 11.4 Å². The number of nitro benzene ring substituents is 1. The average Bonchev–Trinajstić information content (AvgIpc) is 2.82. The van der Waals surface area contributed by atoms with E-state index in [0.717, 1.165) is 20.8 Å². The quantitative estimate of drug-likeness (QED) is 0.461. The van der Waals surface area contributed by atoms with Crippen molar-refractivity contribution in [2.24, 2.45) is 0 Å². The lowest BCUT2D eigenvalue weighted by Crippen LogP contribution is -2.23. The van der Waals surface area contributed by atoms with Crippen molar-refractivity contribution in [3.63, 3.8) is 0 Å². The van der Waals surface area contributed by atoms with E-state index >= 15 is 0 Å². The van der Waals surface area contributed by atoms with Crippen LogP contribution in [0.15, 0.2) is 39.0 Å². The van der Waals surface area contributed by atoms with E-state index in [2.05, 4.69) is 20.7 Å². The first-order valence-corrected chi connectivity index (χ1v) is 8.66. The summed E-state index contributed by atoms with van der Waals surface area (Å²) in [5.41, 5.74) is 5.23. The van der Waals surface area contributed by atoms with Gasteiger partial charge in [0.15, 0.2) is 0 Å². The van der Waals surface area contributed by atoms with Crippen LogP contribution < -0.4 is 10.5 Å². The molecule has 21 heavy (non-hydrogen) atoms. The Kier molecular flexibility index (Phi) is 4.61. The van der Waals surface area contributed by atoms with Gasteiger partial charge in [0.05, 0.1) is 14.4 Å². The highest BCUT2D eigenvalue weighted by molar-refractivity contribution is 9.11. The van der Waals surface area contributed by atoms with Gasteiger partial charge in [-0.3, -0.25) is 10.1 Å². The molecular weight excluding hydrogens is 382 g/mol. The van der Waals surface area contributed by atoms with E-state index in [9.17, 15) is 18.5 Å². The van der Waals surface area contributed by atoms with Crippen molar-refractivity contribution in [2.45, 2.75) is 11.4 Å². The molecule has 1 aromatic heterocycles. The Labute approximate surface area is 133 Å². The number of nitrogens with two attached hydrogens (primary N) is 1. The van der Waals surface area contributed by atoms with Gasteiger partial charge in [-0.2, -0.15) is 0 Å². The number of thiophene rings is 1. The number of rotatable bonds is 5. The van der Waals surface area contributed by atoms with Crippen LogP contribution in [0.25, 0.3) is 0 Å². The number of halogens is 1. The van der Waals surface area contributed by atoms with E-state index in [-0.39, 0.29) is 22.8 Å². The fourth-order valence-corrected chi connectivity index (χ4v) is 4.23. The average molecular weight is 392 g/mol. The normalized spacial score (nSPS) is 11.5. The molecule has 3 N–H and O–H groups in total. The third-order valence-electron chi connectivity index (χ3n) is 2.56. The molecule has 0 amide bonds. The molecule has 112 valence electrons. The maximum Gasteiger partial charge on any atom is 0.270 e. The first kappa shape index (κ1) is 15.9. The Morgan fingerprint density at radius 1 is 1.33 bits per heavy atom. The Morgan fingerprint density at radius 2 is 2.05 bits per heavy atom. The predicted octanol–water partition coefficient (Wildman–Crippen LogP) is 2.48. The third kappa shape index (κ3) is 3.79. The van der Waals surface area contributed by atoms with Gasteiger partial charge in [0.25, 0.3) is 5.69 Å². The lowest BCUT2D eigenvalue weighted by molar-refractivity contribution is -0.385. The van der Waals surface area contributed by atoms with Crippen molar-refractivity contribution in [1.29, 1.82) is 0 Å². The molecule has 1 aromatic carbocycles. The number of sulfonamides is 1. The summed E-state index contributed by atoms with van der Waals surface area (Å²) in [7, 11) is -3.92. The summed E-state index contributed by atoms with van der Waals surface area (Å²) >= 11 is 4.67. The summed E-state index contributed by atoms with van der Waals surface area (Å²) in [5.74, 6) is 0. The SMILES string of the molecule is Nc1ccc([N+](=O)[O-])cc1S(=O)(=O)NCc1ccc(Br)s1. The summed E-state index contributed by atoms with van der Waals surface area (Å²) in [4.78, 5) is 10.5. The predicted molar refractivity (Wildman–Crippen MR) is 83.6 cm³/mol. The molecule has 0 spiro atoms. The van der Waals surface area contributed by atoms with Crippen LogP contribution in [0.1, 0.15) is 4.88 Å². The number of hydrogen-bond donors (Lipinski definition) is 2. The highest BCUT2D eigenvalue weighted by Gasteiger charge is 2.21. The minimum absolute atomic E-state index is 0.0412. The zero-order valence-electron chi connectivity index (χ0n) is 10.4. The molecule has 0 saturated carbocycles. The lowest BCUT2D eigenvalue weighted by atomic mass is 10.3. The second kappa shape index (κ2) is 6.10. The van der Waals surface area contributed by atoms with Gasteiger partial charge in [0, 0.05) is 23.6 Å². The van der Waals surface area contributed by atoms with Crippen LogP contribution in [0.3, 0.4) is 0 Å². The van der Waals surface area contributed by atoms with E-state index in [1.54, 1.807) is 12.1 Å². The standard InChI is InChI=1S/C11H10BrN3O4S2/c12-11-4-2-8(20-11)6-14-21(18,19)10-5-7(15(16)17)1-3-9(10)13/h1-5,14H,6,13H2. The Hall–Kier alpha value is -1.49. The summed E-state index contributed by atoms with van der Waals surface area (Å²) in [6, 6.07) is 6.88. The number of non-ortho nitro benzene ring substituents is 1. The Morgan fingerprint density at radius 3 is 2.62 bits per heavy atom. The van der Waals surface area contributed by atoms with Crippen LogP contribution in [-0.4, -0.2) is 13.3 Å². The molecule has 2 aromatic rings. The second-order valence-corrected chi connectivity index (χ2v) is 8.29. The fourth-order valence-electron chi connectivity index (χ4n) is 1.56. The van der Waals surface area contributed by atoms with E-state index < -0.39 is 14.9 Å². The highest BCUT2D eigenvalue weighted by atomic mass is 79.9. The molecule has 0 aliphatic heterocycles. The largest absolute Gasteiger partial charge is 0.398 e. The summed E-state index contributed by atoms with van der Waals surface area (Å²) in [6.07, 6.45) is 0. The van der Waals surface area contributed by atoms with Gasteiger partial charge in [-0.1, -0.05) is 0 Å². The van der Waals surface area contributed by atoms with Crippen molar-refractivity contribution in [2.75, 3.05) is 5.73 Å². The fraction of sp³-hybridized carbons (Fsp3) is 0.0909. The molecule has 7 nitrogen and oxygen atoms in total. The molecule has 0 fully saturated rings. The van der Waals surface area contributed by atoms with Crippen LogP contribution >= 0.6 is 27.3 Å². The molecule has 0 unspecified atom stereocenters. The van der Waals surface area contributed by atoms with Crippen molar-refractivity contribution in [3.05, 3.63) is 49.1 Å². The summed E-state index contributed by atoms with van der Waals surface area (Å²) < 4.78 is 27.6. The number of nitrogen functional groups attached to an aromatic ring is 1. The summed E-state index contributed by atoms with van der Waals surface area (Å²) in [6.45, 7) is 0.0841. The first-order chi connectivity index (χ1) is 9.79. The maximum absolute atomic E-state index is 12.2. The Balaban J connectivity index is 2.26. The molecule has 1 heterocycles. The molecule has 0 saturated heterocycles. The monoisotopic (exact) mass is 391 g/mol. The smallest absolute Gasteiger partial charge is 0.270 e. The van der Waals surface area contributed by atoms with E-state index in [0.29, 0.717) is 0 Å².